The first-order valence-corrected chi connectivity index (χ1v) is 9.88. The fourth-order valence-electron chi connectivity index (χ4n) is 1.85. The minimum Gasteiger partial charge on any atom is -0.463 e. The number of rotatable bonds is 11. The summed E-state index contributed by atoms with van der Waals surface area (Å²) in [4.78, 5) is 35.1. The van der Waals surface area contributed by atoms with Crippen molar-refractivity contribution in [2.45, 2.75) is 32.6 Å². The van der Waals surface area contributed by atoms with Crippen molar-refractivity contribution in [2.75, 3.05) is 18.1 Å². The average molecular weight is 413 g/mol. The van der Waals surface area contributed by atoms with Crippen molar-refractivity contribution >= 4 is 49.2 Å². The van der Waals surface area contributed by atoms with Crippen molar-refractivity contribution in [3.8, 4) is 11.5 Å². The third-order valence-electron chi connectivity index (χ3n) is 3.20. The molecule has 1 aromatic rings. The fraction of sp³-hybridized carbons (Fsp3) is 0.421. The first-order chi connectivity index (χ1) is 13.0. The molecule has 0 unspecified atom stereocenters. The summed E-state index contributed by atoms with van der Waals surface area (Å²) in [5, 5.41) is 0. The van der Waals surface area contributed by atoms with Gasteiger partial charge in [-0.2, -0.15) is 25.3 Å². The third-order valence-corrected chi connectivity index (χ3v) is 3.65. The van der Waals surface area contributed by atoms with E-state index < -0.39 is 17.9 Å². The number of hydrogen-bond donors (Lipinski definition) is 2. The summed E-state index contributed by atoms with van der Waals surface area (Å²) in [5.74, 6) is -0.559. The molecule has 148 valence electrons. The van der Waals surface area contributed by atoms with Crippen LogP contribution in [0.1, 0.15) is 38.2 Å². The Morgan fingerprint density at radius 3 is 2.22 bits per heavy atom. The molecule has 0 N–H and O–H groups in total. The summed E-state index contributed by atoms with van der Waals surface area (Å²) in [6, 6.07) is 4.65. The quantitative estimate of drug-likeness (QED) is 0.190. The number of thiol groups is 2. The van der Waals surface area contributed by atoms with Crippen LogP contribution in [0.2, 0.25) is 0 Å². The summed E-state index contributed by atoms with van der Waals surface area (Å²) in [6.45, 7) is 2.37. The van der Waals surface area contributed by atoms with Crippen molar-refractivity contribution in [2.24, 2.45) is 0 Å². The maximum Gasteiger partial charge on any atom is 0.330 e. The highest BCUT2D eigenvalue weighted by Gasteiger charge is 2.14. The molecule has 0 aliphatic carbocycles. The van der Waals surface area contributed by atoms with Crippen LogP contribution in [0.5, 0.6) is 11.5 Å². The molecule has 0 heterocycles. The van der Waals surface area contributed by atoms with Crippen molar-refractivity contribution in [3.63, 3.8) is 0 Å². The van der Waals surface area contributed by atoms with Crippen LogP contribution < -0.4 is 9.47 Å². The first kappa shape index (κ1) is 23.1. The molecule has 0 aliphatic rings. The molecular formula is C19H24O6S2. The molecule has 0 saturated heterocycles. The summed E-state index contributed by atoms with van der Waals surface area (Å²) in [6.07, 6.45) is 4.79. The normalized spacial score (nSPS) is 10.6. The lowest BCUT2D eigenvalue weighted by atomic mass is 10.2. The number of unbranched alkanes of at least 4 members (excludes halogenated alkanes) is 1. The van der Waals surface area contributed by atoms with E-state index in [0.29, 0.717) is 23.7 Å². The van der Waals surface area contributed by atoms with Crippen LogP contribution in [-0.2, 0) is 19.1 Å². The predicted molar refractivity (Wildman–Crippen MR) is 110 cm³/mol. The zero-order chi connectivity index (χ0) is 20.1. The van der Waals surface area contributed by atoms with Crippen molar-refractivity contribution in [1.82, 2.24) is 0 Å². The van der Waals surface area contributed by atoms with Gasteiger partial charge in [0, 0.05) is 17.6 Å². The highest BCUT2D eigenvalue weighted by Crippen LogP contribution is 2.30. The van der Waals surface area contributed by atoms with E-state index in [0.717, 1.165) is 12.8 Å². The second-order valence-corrected chi connectivity index (χ2v) is 6.35. The number of benzene rings is 1. The number of ether oxygens (including phenoxy) is 3. The smallest absolute Gasteiger partial charge is 0.330 e. The molecule has 0 bridgehead atoms. The monoisotopic (exact) mass is 412 g/mol. The Morgan fingerprint density at radius 1 is 1.00 bits per heavy atom. The van der Waals surface area contributed by atoms with Crippen LogP contribution in [0.3, 0.4) is 0 Å². The van der Waals surface area contributed by atoms with Gasteiger partial charge in [0.25, 0.3) is 0 Å². The Hall–Kier alpha value is -1.93. The van der Waals surface area contributed by atoms with E-state index >= 15 is 0 Å². The number of carbonyl (C=O) groups is 3. The molecule has 0 amide bonds. The van der Waals surface area contributed by atoms with Crippen molar-refractivity contribution in [1.29, 1.82) is 0 Å². The van der Waals surface area contributed by atoms with E-state index in [-0.39, 0.29) is 24.3 Å². The van der Waals surface area contributed by atoms with Gasteiger partial charge in [-0.3, -0.25) is 9.59 Å². The summed E-state index contributed by atoms with van der Waals surface area (Å²) >= 11 is 7.97. The van der Waals surface area contributed by atoms with Gasteiger partial charge in [0.2, 0.25) is 0 Å². The van der Waals surface area contributed by atoms with Gasteiger partial charge in [-0.1, -0.05) is 19.4 Å². The Bertz CT molecular complexity index is 672. The fourth-order valence-corrected chi connectivity index (χ4v) is 2.22. The maximum absolute atomic E-state index is 11.8. The molecule has 0 radical (unpaired) electrons. The van der Waals surface area contributed by atoms with Gasteiger partial charge in [0.1, 0.15) is 0 Å². The molecule has 1 aromatic carbocycles. The van der Waals surface area contributed by atoms with Crippen LogP contribution in [0.15, 0.2) is 24.3 Å². The molecule has 6 nitrogen and oxygen atoms in total. The van der Waals surface area contributed by atoms with Crippen LogP contribution in [0.25, 0.3) is 6.08 Å². The molecule has 0 saturated carbocycles. The van der Waals surface area contributed by atoms with Crippen molar-refractivity contribution in [3.05, 3.63) is 29.8 Å². The van der Waals surface area contributed by atoms with E-state index in [9.17, 15) is 14.4 Å². The van der Waals surface area contributed by atoms with E-state index in [4.69, 9.17) is 14.2 Å². The molecule has 8 heteroatoms. The highest BCUT2D eigenvalue weighted by atomic mass is 32.1. The average Bonchev–Trinajstić information content (AvgIpc) is 2.62. The first-order valence-electron chi connectivity index (χ1n) is 8.62. The molecule has 1 rings (SSSR count). The van der Waals surface area contributed by atoms with Crippen LogP contribution in [0, 0.1) is 0 Å². The van der Waals surface area contributed by atoms with Gasteiger partial charge in [-0.25, -0.2) is 4.79 Å². The van der Waals surface area contributed by atoms with Gasteiger partial charge in [-0.15, -0.1) is 0 Å². The molecule has 0 fully saturated rings. The Labute approximate surface area is 170 Å². The van der Waals surface area contributed by atoms with Gasteiger partial charge < -0.3 is 14.2 Å². The lowest BCUT2D eigenvalue weighted by molar-refractivity contribution is -0.138. The van der Waals surface area contributed by atoms with E-state index in [1.165, 1.54) is 24.3 Å². The van der Waals surface area contributed by atoms with Gasteiger partial charge in [0.15, 0.2) is 11.5 Å². The standard InChI is InChI=1S/C19H24O6S2/c1-2-3-10-23-17(20)7-5-14-4-6-15(24-18(21)8-11-26)16(13-14)25-19(22)9-12-27/h4-7,13,26-27H,2-3,8-12H2,1H3/b7-5+. The van der Waals surface area contributed by atoms with Gasteiger partial charge in [-0.05, 0) is 30.2 Å². The molecule has 27 heavy (non-hydrogen) atoms. The summed E-state index contributed by atoms with van der Waals surface area (Å²) in [7, 11) is 0. The molecule has 0 aromatic heterocycles. The zero-order valence-electron chi connectivity index (χ0n) is 15.2. The van der Waals surface area contributed by atoms with Gasteiger partial charge in [0.05, 0.1) is 19.4 Å². The van der Waals surface area contributed by atoms with Crippen molar-refractivity contribution < 1.29 is 28.6 Å². The number of hydrogen-bond acceptors (Lipinski definition) is 8. The zero-order valence-corrected chi connectivity index (χ0v) is 17.0. The maximum atomic E-state index is 11.8. The highest BCUT2D eigenvalue weighted by molar-refractivity contribution is 7.80. The third kappa shape index (κ3) is 9.53. The predicted octanol–water partition coefficient (Wildman–Crippen LogP) is 3.49. The topological polar surface area (TPSA) is 78.9 Å². The van der Waals surface area contributed by atoms with E-state index in [1.807, 2.05) is 6.92 Å². The van der Waals surface area contributed by atoms with Crippen LogP contribution >= 0.6 is 25.3 Å². The minimum atomic E-state index is -0.503. The SMILES string of the molecule is CCCCOC(=O)/C=C/c1ccc(OC(=O)CCS)c(OC(=O)CCS)c1. The Kier molecular flexibility index (Phi) is 11.4. The van der Waals surface area contributed by atoms with E-state index in [2.05, 4.69) is 25.3 Å². The largest absolute Gasteiger partial charge is 0.463 e. The Balaban J connectivity index is 2.92. The lowest BCUT2D eigenvalue weighted by Crippen LogP contribution is -2.12. The Morgan fingerprint density at radius 2 is 1.63 bits per heavy atom. The second-order valence-electron chi connectivity index (χ2n) is 5.46. The summed E-state index contributed by atoms with van der Waals surface area (Å²) < 4.78 is 15.5. The second kappa shape index (κ2) is 13.3. The molecule has 0 aliphatic heterocycles. The molecular weight excluding hydrogens is 388 g/mol. The van der Waals surface area contributed by atoms with Crippen LogP contribution in [0.4, 0.5) is 0 Å². The van der Waals surface area contributed by atoms with Crippen LogP contribution in [-0.4, -0.2) is 36.0 Å². The number of esters is 3. The summed E-state index contributed by atoms with van der Waals surface area (Å²) in [5.41, 5.74) is 0.588. The number of carbonyl (C=O) groups excluding carboxylic acids is 3. The van der Waals surface area contributed by atoms with Gasteiger partial charge >= 0.3 is 17.9 Å². The lowest BCUT2D eigenvalue weighted by Gasteiger charge is -2.11. The minimum absolute atomic E-state index is 0.0933. The molecule has 0 spiro atoms. The molecule has 0 atom stereocenters. The van der Waals surface area contributed by atoms with E-state index in [1.54, 1.807) is 6.07 Å².